The molecular formula is C12H22N2O3S. The second-order valence-corrected chi connectivity index (χ2v) is 7.44. The molecule has 2 rings (SSSR count). The summed E-state index contributed by atoms with van der Waals surface area (Å²) in [5.74, 6) is 2.16. The number of hydrogen-bond donors (Lipinski definition) is 2. The number of rotatable bonds is 6. The largest absolute Gasteiger partial charge is 0.356 e. The van der Waals surface area contributed by atoms with Crippen molar-refractivity contribution in [3.05, 3.63) is 0 Å². The highest BCUT2D eigenvalue weighted by Crippen LogP contribution is 2.49. The summed E-state index contributed by atoms with van der Waals surface area (Å²) in [4.78, 5) is 11.7. The number of fused-ring (bicyclic) bond motifs is 2. The summed E-state index contributed by atoms with van der Waals surface area (Å²) in [6.07, 6.45) is 6.14. The van der Waals surface area contributed by atoms with E-state index in [1.165, 1.54) is 25.7 Å². The maximum Gasteiger partial charge on any atom is 0.220 e. The Morgan fingerprint density at radius 1 is 1.28 bits per heavy atom. The van der Waals surface area contributed by atoms with Crippen molar-refractivity contribution in [2.24, 2.45) is 22.9 Å². The molecule has 2 aliphatic carbocycles. The molecule has 0 aromatic rings. The van der Waals surface area contributed by atoms with E-state index in [1.807, 2.05) is 0 Å². The molecule has 2 fully saturated rings. The SMILES string of the molecule is NS(=O)(=O)CCCNC(=O)C[C@@H]1C[C@H]2CC[C@H]1C2. The lowest BCUT2D eigenvalue weighted by atomic mass is 9.86. The first-order valence-electron chi connectivity index (χ1n) is 6.71. The molecule has 0 saturated heterocycles. The van der Waals surface area contributed by atoms with Crippen molar-refractivity contribution in [3.8, 4) is 0 Å². The van der Waals surface area contributed by atoms with Gasteiger partial charge in [0.2, 0.25) is 15.9 Å². The molecule has 2 aliphatic rings. The predicted molar refractivity (Wildman–Crippen MR) is 69.2 cm³/mol. The lowest BCUT2D eigenvalue weighted by Gasteiger charge is -2.20. The van der Waals surface area contributed by atoms with E-state index < -0.39 is 10.0 Å². The summed E-state index contributed by atoms with van der Waals surface area (Å²) in [7, 11) is -3.40. The van der Waals surface area contributed by atoms with Gasteiger partial charge < -0.3 is 5.32 Å². The van der Waals surface area contributed by atoms with E-state index in [9.17, 15) is 13.2 Å². The Morgan fingerprint density at radius 2 is 2.06 bits per heavy atom. The average molecular weight is 274 g/mol. The third kappa shape index (κ3) is 3.95. The van der Waals surface area contributed by atoms with Gasteiger partial charge in [-0.1, -0.05) is 6.42 Å². The molecule has 0 aromatic heterocycles. The second kappa shape index (κ2) is 5.57. The van der Waals surface area contributed by atoms with E-state index >= 15 is 0 Å². The van der Waals surface area contributed by atoms with Crippen molar-refractivity contribution < 1.29 is 13.2 Å². The van der Waals surface area contributed by atoms with Crippen LogP contribution in [0.15, 0.2) is 0 Å². The van der Waals surface area contributed by atoms with Gasteiger partial charge in [-0.15, -0.1) is 0 Å². The molecule has 3 N–H and O–H groups in total. The predicted octanol–water partition coefficient (Wildman–Crippen LogP) is 0.607. The van der Waals surface area contributed by atoms with Crippen molar-refractivity contribution in [1.29, 1.82) is 0 Å². The monoisotopic (exact) mass is 274 g/mol. The zero-order valence-corrected chi connectivity index (χ0v) is 11.4. The third-order valence-electron chi connectivity index (χ3n) is 4.26. The van der Waals surface area contributed by atoms with E-state index in [0.717, 1.165) is 11.8 Å². The summed E-state index contributed by atoms with van der Waals surface area (Å²) in [5.41, 5.74) is 0. The summed E-state index contributed by atoms with van der Waals surface area (Å²) in [5, 5.41) is 7.67. The van der Waals surface area contributed by atoms with Gasteiger partial charge in [0.1, 0.15) is 0 Å². The lowest BCUT2D eigenvalue weighted by molar-refractivity contribution is -0.122. The highest BCUT2D eigenvalue weighted by molar-refractivity contribution is 7.89. The Kier molecular flexibility index (Phi) is 4.27. The van der Waals surface area contributed by atoms with Gasteiger partial charge in [0.05, 0.1) is 5.75 Å². The van der Waals surface area contributed by atoms with Crippen LogP contribution in [0.1, 0.15) is 38.5 Å². The van der Waals surface area contributed by atoms with Gasteiger partial charge in [-0.25, -0.2) is 13.6 Å². The van der Waals surface area contributed by atoms with Gasteiger partial charge >= 0.3 is 0 Å². The molecule has 18 heavy (non-hydrogen) atoms. The Balaban J connectivity index is 1.61. The molecule has 0 unspecified atom stereocenters. The molecule has 0 heterocycles. The fraction of sp³-hybridized carbons (Fsp3) is 0.917. The molecule has 1 amide bonds. The number of primary sulfonamides is 1. The fourth-order valence-corrected chi connectivity index (χ4v) is 3.98. The van der Waals surface area contributed by atoms with Gasteiger partial charge in [0.25, 0.3) is 0 Å². The molecule has 104 valence electrons. The summed E-state index contributed by atoms with van der Waals surface area (Å²) in [6, 6.07) is 0. The molecule has 0 radical (unpaired) electrons. The van der Waals surface area contributed by atoms with Crippen LogP contribution < -0.4 is 10.5 Å². The zero-order valence-electron chi connectivity index (χ0n) is 10.6. The molecule has 3 atom stereocenters. The second-order valence-electron chi connectivity index (χ2n) is 5.71. The topological polar surface area (TPSA) is 89.3 Å². The lowest BCUT2D eigenvalue weighted by Crippen LogP contribution is -2.29. The molecular weight excluding hydrogens is 252 g/mol. The van der Waals surface area contributed by atoms with Gasteiger partial charge in [-0.2, -0.15) is 0 Å². The first kappa shape index (κ1) is 13.8. The summed E-state index contributed by atoms with van der Waals surface area (Å²) < 4.78 is 21.4. The van der Waals surface area contributed by atoms with Crippen LogP contribution in [0.5, 0.6) is 0 Å². The van der Waals surface area contributed by atoms with Gasteiger partial charge in [0, 0.05) is 13.0 Å². The minimum absolute atomic E-state index is 0.0574. The fourth-order valence-electron chi connectivity index (χ4n) is 3.44. The maximum atomic E-state index is 11.7. The number of nitrogens with one attached hydrogen (secondary N) is 1. The number of carbonyl (C=O) groups excluding carboxylic acids is 1. The molecule has 0 aliphatic heterocycles. The quantitative estimate of drug-likeness (QED) is 0.695. The third-order valence-corrected chi connectivity index (χ3v) is 5.12. The smallest absolute Gasteiger partial charge is 0.220 e. The highest BCUT2D eigenvalue weighted by atomic mass is 32.2. The van der Waals surface area contributed by atoms with Crippen molar-refractivity contribution in [2.45, 2.75) is 38.5 Å². The number of carbonyl (C=O) groups is 1. The number of amides is 1. The van der Waals surface area contributed by atoms with Gasteiger partial charge in [0.15, 0.2) is 0 Å². The van der Waals surface area contributed by atoms with Crippen molar-refractivity contribution in [2.75, 3.05) is 12.3 Å². The summed E-state index contributed by atoms with van der Waals surface area (Å²) in [6.45, 7) is 0.399. The van der Waals surface area contributed by atoms with Crippen molar-refractivity contribution in [1.82, 2.24) is 5.32 Å². The Bertz CT molecular complexity index is 408. The average Bonchev–Trinajstić information content (AvgIpc) is 2.85. The first-order chi connectivity index (χ1) is 8.44. The highest BCUT2D eigenvalue weighted by Gasteiger charge is 2.39. The van der Waals surface area contributed by atoms with E-state index in [0.29, 0.717) is 25.3 Å². The van der Waals surface area contributed by atoms with Crippen molar-refractivity contribution in [3.63, 3.8) is 0 Å². The number of sulfonamides is 1. The van der Waals surface area contributed by atoms with Crippen LogP contribution in [-0.2, 0) is 14.8 Å². The number of hydrogen-bond acceptors (Lipinski definition) is 3. The molecule has 2 bridgehead atoms. The Labute approximate surface area is 109 Å². The Hall–Kier alpha value is -0.620. The van der Waals surface area contributed by atoms with E-state index in [4.69, 9.17) is 5.14 Å². The molecule has 2 saturated carbocycles. The van der Waals surface area contributed by atoms with E-state index in [2.05, 4.69) is 5.32 Å². The minimum Gasteiger partial charge on any atom is -0.356 e. The summed E-state index contributed by atoms with van der Waals surface area (Å²) >= 11 is 0. The molecule has 5 nitrogen and oxygen atoms in total. The first-order valence-corrected chi connectivity index (χ1v) is 8.43. The van der Waals surface area contributed by atoms with Crippen LogP contribution in [0.3, 0.4) is 0 Å². The van der Waals surface area contributed by atoms with Crippen LogP contribution in [0.25, 0.3) is 0 Å². The van der Waals surface area contributed by atoms with Crippen LogP contribution in [0.2, 0.25) is 0 Å². The molecule has 0 aromatic carbocycles. The minimum atomic E-state index is -3.40. The zero-order chi connectivity index (χ0) is 13.2. The van der Waals surface area contributed by atoms with Crippen LogP contribution in [-0.4, -0.2) is 26.6 Å². The Morgan fingerprint density at radius 3 is 2.61 bits per heavy atom. The van der Waals surface area contributed by atoms with Gasteiger partial charge in [-0.05, 0) is 43.4 Å². The van der Waals surface area contributed by atoms with Gasteiger partial charge in [-0.3, -0.25) is 4.79 Å². The van der Waals surface area contributed by atoms with E-state index in [1.54, 1.807) is 0 Å². The van der Waals surface area contributed by atoms with Crippen LogP contribution in [0, 0.1) is 17.8 Å². The van der Waals surface area contributed by atoms with Crippen LogP contribution >= 0.6 is 0 Å². The maximum absolute atomic E-state index is 11.7. The van der Waals surface area contributed by atoms with Crippen LogP contribution in [0.4, 0.5) is 0 Å². The number of nitrogens with two attached hydrogens (primary N) is 1. The van der Waals surface area contributed by atoms with E-state index in [-0.39, 0.29) is 11.7 Å². The standard InChI is InChI=1S/C12H22N2O3S/c13-18(16,17)5-1-4-14-12(15)8-11-7-9-2-3-10(11)6-9/h9-11H,1-8H2,(H,14,15)(H2,13,16,17)/t9-,10-,11-/m0/s1. The van der Waals surface area contributed by atoms with Crippen molar-refractivity contribution >= 4 is 15.9 Å². The normalized spacial score (nSPS) is 30.6. The molecule has 6 heteroatoms. The molecule has 0 spiro atoms.